The molecule has 0 amide bonds. The van der Waals surface area contributed by atoms with Crippen LogP contribution in [0.4, 0.5) is 0 Å². The molecule has 1 aliphatic heterocycles. The highest BCUT2D eigenvalue weighted by Crippen LogP contribution is 2.61. The molecule has 2 N–H and O–H groups in total. The Bertz CT molecular complexity index is 188. The van der Waals surface area contributed by atoms with E-state index >= 15 is 0 Å². The van der Waals surface area contributed by atoms with Gasteiger partial charge in [0.25, 0.3) is 0 Å². The highest BCUT2D eigenvalue weighted by Gasteiger charge is 2.65. The van der Waals surface area contributed by atoms with Gasteiger partial charge in [-0.1, -0.05) is 6.42 Å². The average Bonchev–Trinajstić information content (AvgIpc) is 2.29. The third-order valence-corrected chi connectivity index (χ3v) is 4.11. The van der Waals surface area contributed by atoms with E-state index in [1.54, 1.807) is 0 Å². The summed E-state index contributed by atoms with van der Waals surface area (Å²) < 4.78 is 5.70. The Morgan fingerprint density at radius 3 is 2.82 bits per heavy atom. The molecule has 0 unspecified atom stereocenters. The highest BCUT2D eigenvalue weighted by atomic mass is 16.5. The standard InChI is InChI=1S/C9H15NO/c10-7-6-2-5-11-8(6)9(7)3-1-4-9/h6-8H,1-5,10H2/t6-,7-,8-/m1/s1. The average molecular weight is 153 g/mol. The van der Waals surface area contributed by atoms with Gasteiger partial charge >= 0.3 is 0 Å². The normalized spacial score (nSPS) is 51.5. The molecular formula is C9H15NO. The topological polar surface area (TPSA) is 35.2 Å². The van der Waals surface area contributed by atoms with Crippen molar-refractivity contribution >= 4 is 0 Å². The summed E-state index contributed by atoms with van der Waals surface area (Å²) in [4.78, 5) is 0. The quantitative estimate of drug-likeness (QED) is 0.561. The van der Waals surface area contributed by atoms with Crippen molar-refractivity contribution in [3.63, 3.8) is 0 Å². The molecule has 3 atom stereocenters. The fraction of sp³-hybridized carbons (Fsp3) is 1.00. The van der Waals surface area contributed by atoms with Crippen LogP contribution in [-0.2, 0) is 4.74 Å². The molecule has 11 heavy (non-hydrogen) atoms. The summed E-state index contributed by atoms with van der Waals surface area (Å²) in [5, 5.41) is 0. The summed E-state index contributed by atoms with van der Waals surface area (Å²) >= 11 is 0. The van der Waals surface area contributed by atoms with E-state index in [9.17, 15) is 0 Å². The van der Waals surface area contributed by atoms with Crippen molar-refractivity contribution in [2.45, 2.75) is 37.8 Å². The first-order valence-corrected chi connectivity index (χ1v) is 4.72. The monoisotopic (exact) mass is 153 g/mol. The van der Waals surface area contributed by atoms with E-state index in [2.05, 4.69) is 0 Å². The molecule has 62 valence electrons. The second-order valence-electron chi connectivity index (χ2n) is 4.36. The molecule has 1 heterocycles. The van der Waals surface area contributed by atoms with Gasteiger partial charge in [0.2, 0.25) is 0 Å². The summed E-state index contributed by atoms with van der Waals surface area (Å²) in [5.41, 5.74) is 6.58. The lowest BCUT2D eigenvalue weighted by Crippen LogP contribution is -2.69. The van der Waals surface area contributed by atoms with Crippen LogP contribution >= 0.6 is 0 Å². The molecule has 0 radical (unpaired) electrons. The van der Waals surface area contributed by atoms with Crippen molar-refractivity contribution in [1.82, 2.24) is 0 Å². The first kappa shape index (κ1) is 6.44. The van der Waals surface area contributed by atoms with E-state index in [0.717, 1.165) is 12.5 Å². The molecule has 3 aliphatic rings. The minimum atomic E-state index is 0.459. The fourth-order valence-electron chi connectivity index (χ4n) is 3.27. The lowest BCUT2D eigenvalue weighted by Gasteiger charge is -2.62. The zero-order valence-corrected chi connectivity index (χ0v) is 6.75. The van der Waals surface area contributed by atoms with Gasteiger partial charge in [-0.2, -0.15) is 0 Å². The molecule has 1 saturated heterocycles. The van der Waals surface area contributed by atoms with Gasteiger partial charge in [0.1, 0.15) is 0 Å². The van der Waals surface area contributed by atoms with E-state index in [-0.39, 0.29) is 0 Å². The van der Waals surface area contributed by atoms with Gasteiger partial charge in [-0.3, -0.25) is 0 Å². The Hall–Kier alpha value is -0.0800. The van der Waals surface area contributed by atoms with Crippen LogP contribution in [0.15, 0.2) is 0 Å². The third kappa shape index (κ3) is 0.541. The van der Waals surface area contributed by atoms with Crippen molar-refractivity contribution in [2.24, 2.45) is 17.1 Å². The van der Waals surface area contributed by atoms with Crippen molar-refractivity contribution in [2.75, 3.05) is 6.61 Å². The van der Waals surface area contributed by atoms with Crippen LogP contribution in [0.1, 0.15) is 25.7 Å². The zero-order valence-electron chi connectivity index (χ0n) is 6.75. The second-order valence-corrected chi connectivity index (χ2v) is 4.36. The third-order valence-electron chi connectivity index (χ3n) is 4.11. The number of hydrogen-bond acceptors (Lipinski definition) is 2. The Balaban J connectivity index is 1.86. The van der Waals surface area contributed by atoms with Gasteiger partial charge in [0.05, 0.1) is 6.10 Å². The molecular weight excluding hydrogens is 138 g/mol. The van der Waals surface area contributed by atoms with E-state index < -0.39 is 0 Å². The number of nitrogens with two attached hydrogens (primary N) is 1. The van der Waals surface area contributed by atoms with Crippen LogP contribution < -0.4 is 5.73 Å². The van der Waals surface area contributed by atoms with Crippen LogP contribution in [0.2, 0.25) is 0 Å². The highest BCUT2D eigenvalue weighted by molar-refractivity contribution is 5.17. The molecule has 0 aromatic rings. The van der Waals surface area contributed by atoms with Crippen molar-refractivity contribution in [3.05, 3.63) is 0 Å². The summed E-state index contributed by atoms with van der Waals surface area (Å²) in [6, 6.07) is 0.476. The van der Waals surface area contributed by atoms with E-state index in [0.29, 0.717) is 17.6 Å². The molecule has 0 bridgehead atoms. The maximum atomic E-state index is 6.12. The Kier molecular flexibility index (Phi) is 1.06. The summed E-state index contributed by atoms with van der Waals surface area (Å²) in [6.07, 6.45) is 5.81. The van der Waals surface area contributed by atoms with Gasteiger partial charge in [-0.15, -0.1) is 0 Å². The summed E-state index contributed by atoms with van der Waals surface area (Å²) in [5.74, 6) is 0.718. The van der Waals surface area contributed by atoms with Crippen LogP contribution in [0.5, 0.6) is 0 Å². The maximum absolute atomic E-state index is 6.12. The van der Waals surface area contributed by atoms with Gasteiger partial charge in [0, 0.05) is 24.0 Å². The van der Waals surface area contributed by atoms with Crippen molar-refractivity contribution < 1.29 is 4.74 Å². The Labute approximate surface area is 67.1 Å². The summed E-state index contributed by atoms with van der Waals surface area (Å²) in [6.45, 7) is 0.963. The molecule has 2 nitrogen and oxygen atoms in total. The van der Waals surface area contributed by atoms with Gasteiger partial charge in [0.15, 0.2) is 0 Å². The van der Waals surface area contributed by atoms with Gasteiger partial charge in [-0.05, 0) is 19.3 Å². The summed E-state index contributed by atoms with van der Waals surface area (Å²) in [7, 11) is 0. The number of hydrogen-bond donors (Lipinski definition) is 1. The first-order valence-electron chi connectivity index (χ1n) is 4.72. The number of ether oxygens (including phenoxy) is 1. The SMILES string of the molecule is N[C@@H]1[C@H]2CCO[C@H]2C12CCC2. The number of fused-ring (bicyclic) bond motifs is 2. The second kappa shape index (κ2) is 1.80. The van der Waals surface area contributed by atoms with E-state index in [1.165, 1.54) is 25.7 Å². The van der Waals surface area contributed by atoms with Crippen LogP contribution in [-0.4, -0.2) is 18.8 Å². The minimum Gasteiger partial charge on any atom is -0.377 e. The van der Waals surface area contributed by atoms with Gasteiger partial charge < -0.3 is 10.5 Å². The van der Waals surface area contributed by atoms with Crippen molar-refractivity contribution in [3.8, 4) is 0 Å². The van der Waals surface area contributed by atoms with Crippen LogP contribution in [0, 0.1) is 11.3 Å². The Morgan fingerprint density at radius 2 is 2.18 bits per heavy atom. The van der Waals surface area contributed by atoms with E-state index in [1.807, 2.05) is 0 Å². The van der Waals surface area contributed by atoms with Crippen molar-refractivity contribution in [1.29, 1.82) is 0 Å². The first-order chi connectivity index (χ1) is 5.34. The molecule has 2 heteroatoms. The molecule has 1 spiro atoms. The lowest BCUT2D eigenvalue weighted by atomic mass is 9.47. The Morgan fingerprint density at radius 1 is 1.36 bits per heavy atom. The fourth-order valence-corrected chi connectivity index (χ4v) is 3.27. The lowest BCUT2D eigenvalue weighted by molar-refractivity contribution is -0.164. The molecule has 3 fully saturated rings. The molecule has 2 aliphatic carbocycles. The predicted octanol–water partition coefficient (Wildman–Crippen LogP) is 0.903. The smallest absolute Gasteiger partial charge is 0.0690 e. The molecule has 0 aromatic heterocycles. The maximum Gasteiger partial charge on any atom is 0.0690 e. The van der Waals surface area contributed by atoms with Crippen LogP contribution in [0.3, 0.4) is 0 Å². The molecule has 2 saturated carbocycles. The van der Waals surface area contributed by atoms with Gasteiger partial charge in [-0.25, -0.2) is 0 Å². The number of rotatable bonds is 0. The van der Waals surface area contributed by atoms with E-state index in [4.69, 9.17) is 10.5 Å². The molecule has 0 aromatic carbocycles. The predicted molar refractivity (Wildman–Crippen MR) is 42.1 cm³/mol. The minimum absolute atomic E-state index is 0.459. The van der Waals surface area contributed by atoms with Crippen LogP contribution in [0.25, 0.3) is 0 Å². The largest absolute Gasteiger partial charge is 0.377 e. The zero-order chi connectivity index (χ0) is 7.47. The molecule has 3 rings (SSSR count).